The van der Waals surface area contributed by atoms with Crippen LogP contribution in [-0.2, 0) is 6.42 Å². The van der Waals surface area contributed by atoms with Crippen molar-refractivity contribution in [1.82, 2.24) is 14.8 Å². The van der Waals surface area contributed by atoms with Gasteiger partial charge in [0, 0.05) is 6.42 Å². The number of hydrogen-bond donors (Lipinski definition) is 2. The van der Waals surface area contributed by atoms with Crippen LogP contribution in [0.2, 0.25) is 0 Å². The van der Waals surface area contributed by atoms with Gasteiger partial charge in [-0.15, -0.1) is 5.10 Å². The van der Waals surface area contributed by atoms with Crippen LogP contribution in [0.15, 0.2) is 30.3 Å². The molecule has 1 aliphatic heterocycles. The van der Waals surface area contributed by atoms with E-state index < -0.39 is 6.29 Å². The van der Waals surface area contributed by atoms with Crippen molar-refractivity contribution in [2.45, 2.75) is 25.2 Å². The zero-order valence-electron chi connectivity index (χ0n) is 9.19. The lowest BCUT2D eigenvalue weighted by molar-refractivity contribution is -0.0496. The molecule has 0 fully saturated rings. The normalized spacial score (nSPS) is 18.6. The maximum Gasteiger partial charge on any atom is 0.216 e. The maximum atomic E-state index is 9.06. The number of nitrogens with zero attached hydrogens (tertiary/aromatic N) is 3. The van der Waals surface area contributed by atoms with Gasteiger partial charge >= 0.3 is 0 Å². The van der Waals surface area contributed by atoms with Crippen LogP contribution < -0.4 is 0 Å². The number of fused-ring (bicyclic) bond motifs is 1. The Morgan fingerprint density at radius 1 is 1.24 bits per heavy atom. The van der Waals surface area contributed by atoms with Crippen LogP contribution >= 0.6 is 0 Å². The first-order chi connectivity index (χ1) is 8.25. The van der Waals surface area contributed by atoms with E-state index in [1.807, 2.05) is 18.2 Å². The van der Waals surface area contributed by atoms with E-state index in [4.69, 9.17) is 10.2 Å². The van der Waals surface area contributed by atoms with Crippen LogP contribution in [0.4, 0.5) is 0 Å². The van der Waals surface area contributed by atoms with Crippen molar-refractivity contribution >= 4 is 0 Å². The predicted octanol–water partition coefficient (Wildman–Crippen LogP) is 0.797. The fourth-order valence-electron chi connectivity index (χ4n) is 2.27. The number of hydrogen-bond acceptors (Lipinski definition) is 4. The summed E-state index contributed by atoms with van der Waals surface area (Å²) in [6, 6.07) is 10.2. The van der Waals surface area contributed by atoms with E-state index in [1.54, 1.807) is 4.68 Å². The smallest absolute Gasteiger partial charge is 0.216 e. The van der Waals surface area contributed by atoms with Crippen molar-refractivity contribution in [3.63, 3.8) is 0 Å². The Bertz CT molecular complexity index is 522. The van der Waals surface area contributed by atoms with E-state index in [9.17, 15) is 0 Å². The molecule has 0 unspecified atom stereocenters. The third-order valence-corrected chi connectivity index (χ3v) is 3.07. The van der Waals surface area contributed by atoms with Gasteiger partial charge in [0.1, 0.15) is 5.82 Å². The Labute approximate surface area is 98.4 Å². The quantitative estimate of drug-likeness (QED) is 0.750. The summed E-state index contributed by atoms with van der Waals surface area (Å²) in [4.78, 5) is 4.12. The van der Waals surface area contributed by atoms with Gasteiger partial charge in [0.15, 0.2) is 0 Å². The first-order valence-corrected chi connectivity index (χ1v) is 5.62. The summed E-state index contributed by atoms with van der Waals surface area (Å²) < 4.78 is 1.80. The Balaban J connectivity index is 1.98. The molecule has 0 radical (unpaired) electrons. The zero-order chi connectivity index (χ0) is 11.8. The molecule has 1 aromatic carbocycles. The van der Waals surface area contributed by atoms with Gasteiger partial charge in [-0.3, -0.25) is 0 Å². The van der Waals surface area contributed by atoms with E-state index in [0.29, 0.717) is 0 Å². The fraction of sp³-hybridized carbons (Fsp3) is 0.333. The zero-order valence-corrected chi connectivity index (χ0v) is 9.19. The third-order valence-electron chi connectivity index (χ3n) is 3.07. The van der Waals surface area contributed by atoms with E-state index in [1.165, 1.54) is 5.56 Å². The number of benzene rings is 1. The van der Waals surface area contributed by atoms with Gasteiger partial charge in [0.25, 0.3) is 0 Å². The third kappa shape index (κ3) is 1.73. The summed E-state index contributed by atoms with van der Waals surface area (Å²) >= 11 is 0. The summed E-state index contributed by atoms with van der Waals surface area (Å²) in [5, 5.41) is 22.3. The van der Waals surface area contributed by atoms with Gasteiger partial charge in [-0.2, -0.15) is 0 Å². The minimum atomic E-state index is -1.59. The molecule has 0 aliphatic carbocycles. The van der Waals surface area contributed by atoms with Crippen molar-refractivity contribution in [2.75, 3.05) is 0 Å². The molecule has 88 valence electrons. The number of aliphatic hydroxyl groups is 2. The van der Waals surface area contributed by atoms with Crippen LogP contribution in [0.3, 0.4) is 0 Å². The van der Waals surface area contributed by atoms with Gasteiger partial charge < -0.3 is 10.2 Å². The van der Waals surface area contributed by atoms with Crippen LogP contribution in [0.25, 0.3) is 0 Å². The molecule has 2 heterocycles. The molecule has 2 aromatic rings. The van der Waals surface area contributed by atoms with E-state index in [2.05, 4.69) is 22.2 Å². The number of aromatic nitrogens is 3. The summed E-state index contributed by atoms with van der Waals surface area (Å²) in [6.45, 7) is 0. The second kappa shape index (κ2) is 3.94. The molecule has 5 heteroatoms. The molecule has 17 heavy (non-hydrogen) atoms. The van der Waals surface area contributed by atoms with Gasteiger partial charge in [-0.05, 0) is 12.0 Å². The Morgan fingerprint density at radius 2 is 2.00 bits per heavy atom. The van der Waals surface area contributed by atoms with Crippen LogP contribution in [0, 0.1) is 0 Å². The molecular formula is C12H13N3O2. The van der Waals surface area contributed by atoms with Gasteiger partial charge in [-0.1, -0.05) is 30.3 Å². The molecule has 0 bridgehead atoms. The highest BCUT2D eigenvalue weighted by atomic mass is 16.5. The summed E-state index contributed by atoms with van der Waals surface area (Å²) in [5.74, 6) is 0.905. The number of aryl methyl sites for hydroxylation is 1. The molecule has 2 N–H and O–H groups in total. The Hall–Kier alpha value is -1.72. The van der Waals surface area contributed by atoms with Crippen LogP contribution in [0.1, 0.15) is 36.0 Å². The Kier molecular flexibility index (Phi) is 2.42. The standard InChI is InChI=1S/C12H13N3O2/c16-12(17)11-13-10-7-6-9(15(10)14-11)8-4-2-1-3-5-8/h1-5,9,12,16-17H,6-7H2/t9-/m1/s1. The maximum absolute atomic E-state index is 9.06. The minimum Gasteiger partial charge on any atom is -0.362 e. The molecule has 0 saturated heterocycles. The second-order valence-corrected chi connectivity index (χ2v) is 4.17. The highest BCUT2D eigenvalue weighted by Crippen LogP contribution is 2.30. The summed E-state index contributed by atoms with van der Waals surface area (Å²) in [5.41, 5.74) is 1.18. The minimum absolute atomic E-state index is 0.0839. The molecule has 1 atom stereocenters. The SMILES string of the molecule is OC(O)c1nc2n(n1)[C@@H](c1ccccc1)CC2. The lowest BCUT2D eigenvalue weighted by Crippen LogP contribution is -2.08. The highest BCUT2D eigenvalue weighted by Gasteiger charge is 2.27. The molecule has 5 nitrogen and oxygen atoms in total. The van der Waals surface area contributed by atoms with E-state index in [-0.39, 0.29) is 11.9 Å². The van der Waals surface area contributed by atoms with Gasteiger partial charge in [-0.25, -0.2) is 9.67 Å². The molecule has 1 aromatic heterocycles. The molecular weight excluding hydrogens is 218 g/mol. The second-order valence-electron chi connectivity index (χ2n) is 4.17. The van der Waals surface area contributed by atoms with E-state index >= 15 is 0 Å². The average Bonchev–Trinajstić information content (AvgIpc) is 2.89. The molecule has 0 spiro atoms. The van der Waals surface area contributed by atoms with Crippen molar-refractivity contribution in [2.24, 2.45) is 0 Å². The highest BCUT2D eigenvalue weighted by molar-refractivity contribution is 5.22. The first-order valence-electron chi connectivity index (χ1n) is 5.62. The van der Waals surface area contributed by atoms with Crippen LogP contribution in [-0.4, -0.2) is 25.0 Å². The lowest BCUT2D eigenvalue weighted by Gasteiger charge is -2.11. The topological polar surface area (TPSA) is 71.2 Å². The van der Waals surface area contributed by atoms with Crippen LogP contribution in [0.5, 0.6) is 0 Å². The fourth-order valence-corrected chi connectivity index (χ4v) is 2.27. The molecule has 3 rings (SSSR count). The number of rotatable bonds is 2. The first kappa shape index (κ1) is 10.4. The largest absolute Gasteiger partial charge is 0.362 e. The predicted molar refractivity (Wildman–Crippen MR) is 60.1 cm³/mol. The summed E-state index contributed by atoms with van der Waals surface area (Å²) in [7, 11) is 0. The van der Waals surface area contributed by atoms with E-state index in [0.717, 1.165) is 18.7 Å². The lowest BCUT2D eigenvalue weighted by atomic mass is 10.1. The van der Waals surface area contributed by atoms with Crippen molar-refractivity contribution in [3.05, 3.63) is 47.5 Å². The van der Waals surface area contributed by atoms with Crippen molar-refractivity contribution in [1.29, 1.82) is 0 Å². The number of aliphatic hydroxyl groups excluding tert-OH is 1. The molecule has 1 aliphatic rings. The molecule has 0 saturated carbocycles. The van der Waals surface area contributed by atoms with Crippen molar-refractivity contribution in [3.8, 4) is 0 Å². The van der Waals surface area contributed by atoms with Gasteiger partial charge in [0.05, 0.1) is 6.04 Å². The summed E-state index contributed by atoms with van der Waals surface area (Å²) in [6.07, 6.45) is 0.185. The molecule has 0 amide bonds. The van der Waals surface area contributed by atoms with Gasteiger partial charge in [0.2, 0.25) is 12.1 Å². The Morgan fingerprint density at radius 3 is 2.71 bits per heavy atom. The monoisotopic (exact) mass is 231 g/mol. The van der Waals surface area contributed by atoms with Crippen molar-refractivity contribution < 1.29 is 10.2 Å². The average molecular weight is 231 g/mol.